The number of halogens is 1. The fourth-order valence-corrected chi connectivity index (χ4v) is 3.07. The zero-order valence-electron chi connectivity index (χ0n) is 15.2. The van der Waals surface area contributed by atoms with Crippen molar-refractivity contribution in [3.05, 3.63) is 35.9 Å². The van der Waals surface area contributed by atoms with Crippen molar-refractivity contribution in [1.29, 1.82) is 0 Å². The minimum absolute atomic E-state index is 0. The molecule has 25 heavy (non-hydrogen) atoms. The van der Waals surface area contributed by atoms with Crippen LogP contribution in [0.1, 0.15) is 51.6 Å². The average molecular weight is 369 g/mol. The van der Waals surface area contributed by atoms with E-state index >= 15 is 0 Å². The fraction of sp³-hybridized carbons (Fsp3) is 0.579. The molecule has 6 heteroatoms. The number of amides is 1. The van der Waals surface area contributed by atoms with Crippen molar-refractivity contribution in [2.24, 2.45) is 5.92 Å². The van der Waals surface area contributed by atoms with Gasteiger partial charge >= 0.3 is 5.97 Å². The third kappa shape index (κ3) is 7.04. The number of benzene rings is 1. The second kappa shape index (κ2) is 10.4. The van der Waals surface area contributed by atoms with Crippen LogP contribution in [0.3, 0.4) is 0 Å². The predicted octanol–water partition coefficient (Wildman–Crippen LogP) is 3.00. The first kappa shape index (κ1) is 21.5. The largest absolute Gasteiger partial charge is 0.463 e. The monoisotopic (exact) mass is 368 g/mol. The molecule has 0 aromatic heterocycles. The van der Waals surface area contributed by atoms with Gasteiger partial charge in [-0.1, -0.05) is 30.3 Å². The zero-order chi connectivity index (χ0) is 17.5. The van der Waals surface area contributed by atoms with Crippen LogP contribution in [0, 0.1) is 5.92 Å². The van der Waals surface area contributed by atoms with E-state index in [9.17, 15) is 9.59 Å². The summed E-state index contributed by atoms with van der Waals surface area (Å²) in [4.78, 5) is 24.7. The Morgan fingerprint density at radius 3 is 2.56 bits per heavy atom. The molecule has 1 aliphatic heterocycles. The van der Waals surface area contributed by atoms with Crippen LogP contribution in [-0.4, -0.2) is 30.6 Å². The first-order chi connectivity index (χ1) is 11.5. The lowest BCUT2D eigenvalue weighted by Gasteiger charge is -2.29. The number of carbonyl (C=O) groups is 2. The van der Waals surface area contributed by atoms with Gasteiger partial charge in [-0.2, -0.15) is 0 Å². The van der Waals surface area contributed by atoms with Crippen molar-refractivity contribution >= 4 is 24.3 Å². The number of nitrogens with one attached hydrogen (secondary N) is 2. The van der Waals surface area contributed by atoms with Gasteiger partial charge in [0.15, 0.2) is 0 Å². The van der Waals surface area contributed by atoms with E-state index in [1.165, 1.54) is 0 Å². The van der Waals surface area contributed by atoms with Gasteiger partial charge in [0.1, 0.15) is 0 Å². The second-order valence-corrected chi connectivity index (χ2v) is 6.79. The van der Waals surface area contributed by atoms with E-state index in [1.54, 1.807) is 0 Å². The summed E-state index contributed by atoms with van der Waals surface area (Å²) in [5.41, 5.74) is 0.925. The highest BCUT2D eigenvalue weighted by Crippen LogP contribution is 2.21. The minimum Gasteiger partial charge on any atom is -0.463 e. The molecule has 2 rings (SSSR count). The molecule has 1 aromatic carbocycles. The van der Waals surface area contributed by atoms with Gasteiger partial charge < -0.3 is 15.4 Å². The van der Waals surface area contributed by atoms with Crippen LogP contribution in [0.4, 0.5) is 0 Å². The van der Waals surface area contributed by atoms with E-state index in [2.05, 4.69) is 17.6 Å². The summed E-state index contributed by atoms with van der Waals surface area (Å²) in [5.74, 6) is -0.277. The molecule has 3 atom stereocenters. The lowest BCUT2D eigenvalue weighted by Crippen LogP contribution is -2.43. The molecule has 1 aliphatic rings. The molecular weight excluding hydrogens is 340 g/mol. The van der Waals surface area contributed by atoms with Crippen LogP contribution in [0.2, 0.25) is 0 Å². The Kier molecular flexibility index (Phi) is 8.93. The number of hydrogen-bond donors (Lipinski definition) is 2. The zero-order valence-corrected chi connectivity index (χ0v) is 16.0. The molecule has 0 aliphatic carbocycles. The van der Waals surface area contributed by atoms with E-state index in [4.69, 9.17) is 4.74 Å². The third-order valence-electron chi connectivity index (χ3n) is 4.25. The van der Waals surface area contributed by atoms with E-state index in [0.29, 0.717) is 6.04 Å². The van der Waals surface area contributed by atoms with Crippen molar-refractivity contribution in [3.8, 4) is 0 Å². The topological polar surface area (TPSA) is 67.4 Å². The Hall–Kier alpha value is -1.59. The molecule has 140 valence electrons. The standard InChI is InChI=1S/C19H28N2O3.ClH/c1-13(2)24-18(22)12-17(15-7-5-4-6-8-15)21-19(23)16-9-10-20-14(3)11-16;/h4-8,13-14,16-17,20H,9-12H2,1-3H3,(H,21,23);1H/t14-,16-,17?;/m0./s1. The van der Waals surface area contributed by atoms with Gasteiger partial charge in [0.05, 0.1) is 18.6 Å². The second-order valence-electron chi connectivity index (χ2n) is 6.79. The Labute approximate surface area is 156 Å². The van der Waals surface area contributed by atoms with Crippen LogP contribution in [-0.2, 0) is 14.3 Å². The van der Waals surface area contributed by atoms with Crippen molar-refractivity contribution in [2.75, 3.05) is 6.54 Å². The van der Waals surface area contributed by atoms with Gasteiger partial charge in [0, 0.05) is 12.0 Å². The number of piperidine rings is 1. The molecule has 0 bridgehead atoms. The third-order valence-corrected chi connectivity index (χ3v) is 4.25. The highest BCUT2D eigenvalue weighted by atomic mass is 35.5. The molecule has 1 unspecified atom stereocenters. The molecule has 0 radical (unpaired) electrons. The molecule has 1 amide bonds. The van der Waals surface area contributed by atoms with E-state index in [0.717, 1.165) is 24.9 Å². The number of carbonyl (C=O) groups excluding carboxylic acids is 2. The SMILES string of the molecule is CC(C)OC(=O)CC(NC(=O)[C@H]1CCN[C@@H](C)C1)c1ccccc1.Cl. The van der Waals surface area contributed by atoms with Crippen LogP contribution in [0.15, 0.2) is 30.3 Å². The molecule has 1 heterocycles. The van der Waals surface area contributed by atoms with Crippen molar-refractivity contribution in [1.82, 2.24) is 10.6 Å². The normalized spacial score (nSPS) is 21.1. The first-order valence-corrected chi connectivity index (χ1v) is 8.74. The van der Waals surface area contributed by atoms with Gasteiger partial charge in [-0.3, -0.25) is 9.59 Å². The molecular formula is C19H29ClN2O3. The van der Waals surface area contributed by atoms with E-state index in [1.807, 2.05) is 44.2 Å². The van der Waals surface area contributed by atoms with Crippen molar-refractivity contribution in [2.45, 2.75) is 58.2 Å². The van der Waals surface area contributed by atoms with E-state index < -0.39 is 0 Å². The molecule has 5 nitrogen and oxygen atoms in total. The molecule has 0 spiro atoms. The fourth-order valence-electron chi connectivity index (χ4n) is 3.07. The Balaban J connectivity index is 0.00000312. The average Bonchev–Trinajstić information content (AvgIpc) is 2.54. The number of esters is 1. The molecule has 0 saturated carbocycles. The maximum Gasteiger partial charge on any atom is 0.308 e. The van der Waals surface area contributed by atoms with Gasteiger partial charge in [-0.25, -0.2) is 0 Å². The summed E-state index contributed by atoms with van der Waals surface area (Å²) in [6.45, 7) is 6.59. The van der Waals surface area contributed by atoms with Gasteiger partial charge in [0.2, 0.25) is 5.91 Å². The lowest BCUT2D eigenvalue weighted by atomic mass is 9.91. The summed E-state index contributed by atoms with van der Waals surface area (Å²) in [6.07, 6.45) is 1.64. The molecule has 2 N–H and O–H groups in total. The number of rotatable bonds is 6. The maximum atomic E-state index is 12.6. The quantitative estimate of drug-likeness (QED) is 0.757. The summed E-state index contributed by atoms with van der Waals surface area (Å²) >= 11 is 0. The first-order valence-electron chi connectivity index (χ1n) is 8.74. The lowest BCUT2D eigenvalue weighted by molar-refractivity contribution is -0.148. The number of ether oxygens (including phenoxy) is 1. The predicted molar refractivity (Wildman–Crippen MR) is 101 cm³/mol. The van der Waals surface area contributed by atoms with Crippen LogP contribution in [0.25, 0.3) is 0 Å². The van der Waals surface area contributed by atoms with Crippen LogP contribution in [0.5, 0.6) is 0 Å². The highest BCUT2D eigenvalue weighted by molar-refractivity contribution is 5.85. The van der Waals surface area contributed by atoms with Gasteiger partial charge in [0.25, 0.3) is 0 Å². The molecule has 1 fully saturated rings. The molecule has 1 aromatic rings. The Bertz CT molecular complexity index is 551. The van der Waals surface area contributed by atoms with Gasteiger partial charge in [-0.15, -0.1) is 12.4 Å². The summed E-state index contributed by atoms with van der Waals surface area (Å²) in [5, 5.41) is 6.41. The maximum absolute atomic E-state index is 12.6. The molecule has 1 saturated heterocycles. The minimum atomic E-state index is -0.352. The van der Waals surface area contributed by atoms with Crippen LogP contribution < -0.4 is 10.6 Å². The summed E-state index contributed by atoms with van der Waals surface area (Å²) in [6, 6.07) is 9.59. The Morgan fingerprint density at radius 2 is 1.96 bits per heavy atom. The summed E-state index contributed by atoms with van der Waals surface area (Å²) in [7, 11) is 0. The number of hydrogen-bond acceptors (Lipinski definition) is 4. The highest BCUT2D eigenvalue weighted by Gasteiger charge is 2.28. The van der Waals surface area contributed by atoms with Crippen LogP contribution >= 0.6 is 12.4 Å². The summed E-state index contributed by atoms with van der Waals surface area (Å²) < 4.78 is 5.25. The van der Waals surface area contributed by atoms with Crippen molar-refractivity contribution < 1.29 is 14.3 Å². The smallest absolute Gasteiger partial charge is 0.308 e. The van der Waals surface area contributed by atoms with E-state index in [-0.39, 0.29) is 48.8 Å². The van der Waals surface area contributed by atoms with Crippen molar-refractivity contribution in [3.63, 3.8) is 0 Å². The van der Waals surface area contributed by atoms with Gasteiger partial charge in [-0.05, 0) is 45.7 Å². The Morgan fingerprint density at radius 1 is 1.28 bits per heavy atom.